The van der Waals surface area contributed by atoms with E-state index in [-0.39, 0.29) is 90.3 Å². The van der Waals surface area contributed by atoms with Crippen LogP contribution in [0.4, 0.5) is 0 Å². The molecule has 0 atom stereocenters. The summed E-state index contributed by atoms with van der Waals surface area (Å²) in [5, 5.41) is 0. The van der Waals surface area contributed by atoms with Crippen molar-refractivity contribution in [3.63, 3.8) is 0 Å². The molecule has 0 aliphatic rings. The quantitative estimate of drug-likeness (QED) is 0.501. The van der Waals surface area contributed by atoms with Crippen LogP contribution in [-0.4, -0.2) is 18.9 Å². The predicted octanol–water partition coefficient (Wildman–Crippen LogP) is -0.659. The van der Waals surface area contributed by atoms with E-state index in [2.05, 4.69) is 0 Å². The van der Waals surface area contributed by atoms with E-state index in [9.17, 15) is 0 Å². The molecule has 0 saturated carbocycles. The molecule has 0 unspecified atom stereocenters. The van der Waals surface area contributed by atoms with Crippen molar-refractivity contribution >= 4 is 18.9 Å². The Hall–Kier alpha value is 2.81. The van der Waals surface area contributed by atoms with E-state index in [0.717, 1.165) is 0 Å². The van der Waals surface area contributed by atoms with Crippen molar-refractivity contribution in [3.8, 4) is 0 Å². The van der Waals surface area contributed by atoms with Crippen LogP contribution < -0.4 is 0 Å². The maximum atomic E-state index is 0. The minimum absolute atomic E-state index is 0. The van der Waals surface area contributed by atoms with Crippen molar-refractivity contribution in [1.82, 2.24) is 0 Å². The molecule has 0 bridgehead atoms. The van der Waals surface area contributed by atoms with E-state index in [1.54, 1.807) is 0 Å². The molecule has 0 aromatic carbocycles. The molecule has 34 valence electrons. The summed E-state index contributed by atoms with van der Waals surface area (Å²) in [5.41, 5.74) is 0. The fourth-order valence-electron chi connectivity index (χ4n) is 0. The van der Waals surface area contributed by atoms with Crippen LogP contribution in [0.3, 0.4) is 0 Å². The van der Waals surface area contributed by atoms with Gasteiger partial charge in [0.25, 0.3) is 0 Å². The first-order chi connectivity index (χ1) is 0. The predicted molar refractivity (Wildman–Crippen MR) is 7.15 cm³/mol. The zero-order valence-corrected chi connectivity index (χ0v) is 7.58. The van der Waals surface area contributed by atoms with Crippen LogP contribution in [0.5, 0.6) is 0 Å². The molecular formula is HCoLiMnNiW. The molecule has 5 heavy (non-hydrogen) atoms. The first-order valence-corrected chi connectivity index (χ1v) is 0. The van der Waals surface area contributed by atoms with E-state index in [1.807, 2.05) is 0 Å². The first-order valence-electron chi connectivity index (χ1n) is 0. The molecule has 0 saturated heterocycles. The summed E-state index contributed by atoms with van der Waals surface area (Å²) in [7, 11) is 0. The van der Waals surface area contributed by atoms with E-state index >= 15 is 0 Å². The van der Waals surface area contributed by atoms with Gasteiger partial charge in [-0.3, -0.25) is 0 Å². The molecule has 0 aromatic heterocycles. The summed E-state index contributed by atoms with van der Waals surface area (Å²) < 4.78 is 0. The van der Waals surface area contributed by atoms with Gasteiger partial charge in [-0.25, -0.2) is 0 Å². The summed E-state index contributed by atoms with van der Waals surface area (Å²) in [6, 6.07) is 0. The topological polar surface area (TPSA) is 0 Å². The first kappa shape index (κ1) is 45.9. The van der Waals surface area contributed by atoms with Gasteiger partial charge in [0.15, 0.2) is 0 Å². The van der Waals surface area contributed by atoms with Crippen LogP contribution in [0.15, 0.2) is 0 Å². The molecule has 5 heteroatoms. The molecule has 0 spiro atoms. The van der Waals surface area contributed by atoms with Crippen molar-refractivity contribution in [3.05, 3.63) is 0 Å². The van der Waals surface area contributed by atoms with Crippen LogP contribution in [-0.2, 0) is 71.4 Å². The Morgan fingerprint density at radius 3 is 1.00 bits per heavy atom. The summed E-state index contributed by atoms with van der Waals surface area (Å²) >= 11 is 0. The van der Waals surface area contributed by atoms with Gasteiger partial charge < -0.3 is 0 Å². The fourth-order valence-corrected chi connectivity index (χ4v) is 0. The van der Waals surface area contributed by atoms with Crippen LogP contribution in [0.25, 0.3) is 0 Å². The smallest absolute Gasteiger partial charge is 0 e. The Balaban J connectivity index is 0. The molecule has 0 nitrogen and oxygen atoms in total. The third-order valence-electron chi connectivity index (χ3n) is 0. The molecule has 0 amide bonds. The Bertz CT molecular complexity index is 11.6. The van der Waals surface area contributed by atoms with Gasteiger partial charge in [-0.1, -0.05) is 0 Å². The molecule has 0 heterocycles. The van der Waals surface area contributed by atoms with Crippen molar-refractivity contribution in [2.45, 2.75) is 0 Å². The normalized spacial score (nSPS) is 0. The molecule has 0 fully saturated rings. The van der Waals surface area contributed by atoms with Gasteiger partial charge in [-0.05, 0) is 0 Å². The van der Waals surface area contributed by atoms with Gasteiger partial charge in [0.05, 0.1) is 0 Å². The average molecular weight is 364 g/mol. The molecular weight excluding hydrogens is 363 g/mol. The van der Waals surface area contributed by atoms with Crippen LogP contribution in [0.1, 0.15) is 0 Å². The van der Waals surface area contributed by atoms with Gasteiger partial charge in [0.2, 0.25) is 0 Å². The molecule has 0 N–H and O–H groups in total. The Morgan fingerprint density at radius 1 is 1.00 bits per heavy atom. The van der Waals surface area contributed by atoms with E-state index in [0.29, 0.717) is 0 Å². The van der Waals surface area contributed by atoms with Crippen molar-refractivity contribution < 1.29 is 71.4 Å². The summed E-state index contributed by atoms with van der Waals surface area (Å²) in [6.45, 7) is 0. The summed E-state index contributed by atoms with van der Waals surface area (Å²) in [4.78, 5) is 0. The average Bonchev–Trinajstić information content (AvgIpc) is 0. The van der Waals surface area contributed by atoms with Crippen molar-refractivity contribution in [2.75, 3.05) is 0 Å². The third kappa shape index (κ3) is 20.0. The van der Waals surface area contributed by atoms with E-state index in [1.165, 1.54) is 0 Å². The Kier molecular flexibility index (Phi) is 268. The number of hydrogen-bond acceptors (Lipinski definition) is 0. The van der Waals surface area contributed by atoms with E-state index in [4.69, 9.17) is 0 Å². The number of rotatable bonds is 0. The van der Waals surface area contributed by atoms with Gasteiger partial charge >= 0.3 is 18.9 Å². The monoisotopic (exact) mass is 364 g/mol. The van der Waals surface area contributed by atoms with Crippen LogP contribution in [0.2, 0.25) is 0 Å². The fraction of sp³-hybridized carbons (Fsp3) is 0. The van der Waals surface area contributed by atoms with Crippen molar-refractivity contribution in [2.24, 2.45) is 0 Å². The second-order valence-electron chi connectivity index (χ2n) is 0. The zero-order chi connectivity index (χ0) is 0. The summed E-state index contributed by atoms with van der Waals surface area (Å²) in [6.07, 6.45) is 0. The second-order valence-corrected chi connectivity index (χ2v) is 0. The Labute approximate surface area is 89.0 Å². The van der Waals surface area contributed by atoms with Gasteiger partial charge in [0, 0.05) is 71.4 Å². The number of hydrogen-bond donors (Lipinski definition) is 0. The standard InChI is InChI=1S/Co.Li.Mn.Ni.W.H. The summed E-state index contributed by atoms with van der Waals surface area (Å²) in [5.74, 6) is 0. The molecule has 0 aliphatic heterocycles. The largest absolute Gasteiger partial charge is 0 e. The third-order valence-corrected chi connectivity index (χ3v) is 0. The SMILES string of the molecule is [Co].[LiH].[Mn].[Ni].[W]. The van der Waals surface area contributed by atoms with Crippen LogP contribution >= 0.6 is 0 Å². The molecule has 0 rings (SSSR count). The maximum absolute atomic E-state index is 0. The molecule has 0 aromatic rings. The van der Waals surface area contributed by atoms with Gasteiger partial charge in [0.1, 0.15) is 0 Å². The minimum atomic E-state index is 0. The Morgan fingerprint density at radius 2 is 1.00 bits per heavy atom. The maximum Gasteiger partial charge on any atom is 0 e. The molecule has 2 radical (unpaired) electrons. The van der Waals surface area contributed by atoms with Crippen molar-refractivity contribution in [1.29, 1.82) is 0 Å². The van der Waals surface area contributed by atoms with Gasteiger partial charge in [-0.15, -0.1) is 0 Å². The van der Waals surface area contributed by atoms with E-state index < -0.39 is 0 Å². The molecule has 0 aliphatic carbocycles. The van der Waals surface area contributed by atoms with Gasteiger partial charge in [-0.2, -0.15) is 0 Å². The second kappa shape index (κ2) is 29.1. The van der Waals surface area contributed by atoms with Crippen LogP contribution in [0, 0.1) is 0 Å². The minimum Gasteiger partial charge on any atom is 0 e. The zero-order valence-electron chi connectivity index (χ0n) is 1.44.